The van der Waals surface area contributed by atoms with Gasteiger partial charge in [-0.2, -0.15) is 0 Å². The molecule has 0 spiro atoms. The van der Waals surface area contributed by atoms with E-state index in [1.807, 2.05) is 12.2 Å². The minimum atomic E-state index is -0.837. The third kappa shape index (κ3) is 2.88. The van der Waals surface area contributed by atoms with E-state index in [9.17, 15) is 14.4 Å². The maximum atomic E-state index is 12.5. The number of fused-ring (bicyclic) bond motifs is 1. The Balaban J connectivity index is 1.73. The van der Waals surface area contributed by atoms with E-state index in [1.54, 1.807) is 31.2 Å². The van der Waals surface area contributed by atoms with Crippen LogP contribution in [0, 0.1) is 11.8 Å². The first-order chi connectivity index (χ1) is 11.0. The van der Waals surface area contributed by atoms with Crippen molar-refractivity contribution < 1.29 is 14.4 Å². The largest absolute Gasteiger partial charge is 0.324 e. The van der Waals surface area contributed by atoms with Gasteiger partial charge in [0.15, 0.2) is 0 Å². The predicted octanol–water partition coefficient (Wildman–Crippen LogP) is 2.62. The number of nitrogens with one attached hydrogen (secondary N) is 1. The zero-order chi connectivity index (χ0) is 16.6. The molecule has 0 aromatic heterocycles. The first-order valence-corrected chi connectivity index (χ1v) is 7.95. The lowest BCUT2D eigenvalue weighted by Crippen LogP contribution is -2.46. The molecule has 1 aliphatic heterocycles. The second-order valence-electron chi connectivity index (χ2n) is 5.87. The summed E-state index contributed by atoms with van der Waals surface area (Å²) in [6.45, 7) is 1.58. The fourth-order valence-corrected chi connectivity index (χ4v) is 3.23. The lowest BCUT2D eigenvalue weighted by atomic mass is 9.85. The molecule has 3 atom stereocenters. The van der Waals surface area contributed by atoms with Crippen LogP contribution in [0.4, 0.5) is 5.69 Å². The minimum Gasteiger partial charge on any atom is -0.324 e. The van der Waals surface area contributed by atoms with Crippen LogP contribution in [0.2, 0.25) is 5.02 Å². The smallest absolute Gasteiger partial charge is 0.247 e. The van der Waals surface area contributed by atoms with Gasteiger partial charge >= 0.3 is 0 Å². The lowest BCUT2D eigenvalue weighted by Gasteiger charge is -2.22. The quantitative estimate of drug-likeness (QED) is 0.683. The summed E-state index contributed by atoms with van der Waals surface area (Å²) in [5.41, 5.74) is 0.574. The first kappa shape index (κ1) is 15.7. The van der Waals surface area contributed by atoms with Crippen LogP contribution < -0.4 is 5.32 Å². The zero-order valence-electron chi connectivity index (χ0n) is 12.7. The normalized spacial score (nSPS) is 24.5. The molecular weight excluding hydrogens is 316 g/mol. The van der Waals surface area contributed by atoms with E-state index in [4.69, 9.17) is 11.6 Å². The van der Waals surface area contributed by atoms with E-state index in [1.165, 1.54) is 0 Å². The average molecular weight is 333 g/mol. The minimum absolute atomic E-state index is 0.247. The number of imide groups is 1. The SMILES string of the molecule is C[C@@H](C(=O)Nc1ccc(Cl)cc1)N1C(=O)[C@H]2CC=CC[C@H]2C1=O. The van der Waals surface area contributed by atoms with E-state index in [0.717, 1.165) is 4.90 Å². The number of hydrogen-bond donors (Lipinski definition) is 1. The number of halogens is 1. The van der Waals surface area contributed by atoms with Crippen LogP contribution in [-0.4, -0.2) is 28.7 Å². The van der Waals surface area contributed by atoms with Gasteiger partial charge in [0.1, 0.15) is 6.04 Å². The van der Waals surface area contributed by atoms with Gasteiger partial charge < -0.3 is 5.32 Å². The monoisotopic (exact) mass is 332 g/mol. The second kappa shape index (κ2) is 6.16. The summed E-state index contributed by atoms with van der Waals surface area (Å²) >= 11 is 5.81. The highest BCUT2D eigenvalue weighted by molar-refractivity contribution is 6.30. The molecule has 1 heterocycles. The number of amides is 3. The molecule has 1 aromatic carbocycles. The molecule has 1 aliphatic carbocycles. The number of benzene rings is 1. The molecule has 6 heteroatoms. The molecule has 3 amide bonds. The maximum Gasteiger partial charge on any atom is 0.247 e. The number of carbonyl (C=O) groups is 3. The number of likely N-dealkylation sites (tertiary alicyclic amines) is 1. The van der Waals surface area contributed by atoms with Crippen molar-refractivity contribution in [3.05, 3.63) is 41.4 Å². The van der Waals surface area contributed by atoms with E-state index < -0.39 is 6.04 Å². The van der Waals surface area contributed by atoms with Crippen LogP contribution in [0.15, 0.2) is 36.4 Å². The van der Waals surface area contributed by atoms with E-state index >= 15 is 0 Å². The van der Waals surface area contributed by atoms with Crippen molar-refractivity contribution in [3.63, 3.8) is 0 Å². The van der Waals surface area contributed by atoms with E-state index in [2.05, 4.69) is 5.32 Å². The molecule has 3 rings (SSSR count). The molecule has 2 aliphatic rings. The molecule has 23 heavy (non-hydrogen) atoms. The highest BCUT2D eigenvalue weighted by Gasteiger charge is 2.50. The van der Waals surface area contributed by atoms with Crippen LogP contribution >= 0.6 is 11.6 Å². The van der Waals surface area contributed by atoms with Gasteiger partial charge in [-0.15, -0.1) is 0 Å². The third-order valence-electron chi connectivity index (χ3n) is 4.42. The van der Waals surface area contributed by atoms with Gasteiger partial charge in [-0.25, -0.2) is 0 Å². The standard InChI is InChI=1S/C17H17ClN2O3/c1-10(15(21)19-12-8-6-11(18)7-9-12)20-16(22)13-4-2-3-5-14(13)17(20)23/h2-3,6-10,13-14H,4-5H2,1H3,(H,19,21)/t10-,13-,14+/m0/s1. The molecule has 0 unspecified atom stereocenters. The lowest BCUT2D eigenvalue weighted by molar-refractivity contribution is -0.146. The van der Waals surface area contributed by atoms with Gasteiger partial charge in [0.05, 0.1) is 11.8 Å². The summed E-state index contributed by atoms with van der Waals surface area (Å²) in [5, 5.41) is 3.28. The highest BCUT2D eigenvalue weighted by atomic mass is 35.5. The van der Waals surface area contributed by atoms with Gasteiger partial charge in [-0.3, -0.25) is 19.3 Å². The summed E-state index contributed by atoms with van der Waals surface area (Å²) < 4.78 is 0. The van der Waals surface area contributed by atoms with Gasteiger partial charge in [0.2, 0.25) is 17.7 Å². The molecule has 0 bridgehead atoms. The number of rotatable bonds is 3. The summed E-state index contributed by atoms with van der Waals surface area (Å²) in [5.74, 6) is -1.52. The second-order valence-corrected chi connectivity index (χ2v) is 6.31. The Morgan fingerprint density at radius 1 is 1.13 bits per heavy atom. The van der Waals surface area contributed by atoms with Crippen molar-refractivity contribution in [3.8, 4) is 0 Å². The van der Waals surface area contributed by atoms with Crippen molar-refractivity contribution >= 4 is 35.0 Å². The fraction of sp³-hybridized carbons (Fsp3) is 0.353. The maximum absolute atomic E-state index is 12.5. The Morgan fingerprint density at radius 3 is 2.17 bits per heavy atom. The number of allylic oxidation sites excluding steroid dienone is 2. The first-order valence-electron chi connectivity index (χ1n) is 7.57. The Morgan fingerprint density at radius 2 is 1.65 bits per heavy atom. The van der Waals surface area contributed by atoms with Crippen LogP contribution in [-0.2, 0) is 14.4 Å². The summed E-state index contributed by atoms with van der Waals surface area (Å²) in [4.78, 5) is 38.4. The molecule has 120 valence electrons. The summed E-state index contributed by atoms with van der Waals surface area (Å²) in [6.07, 6.45) is 4.98. The highest BCUT2D eigenvalue weighted by Crippen LogP contribution is 2.36. The number of anilines is 1. The van der Waals surface area contributed by atoms with Crippen LogP contribution in [0.1, 0.15) is 19.8 Å². The van der Waals surface area contributed by atoms with E-state index in [0.29, 0.717) is 23.6 Å². The van der Waals surface area contributed by atoms with E-state index in [-0.39, 0.29) is 29.6 Å². The van der Waals surface area contributed by atoms with Crippen LogP contribution in [0.3, 0.4) is 0 Å². The molecule has 1 saturated heterocycles. The number of carbonyl (C=O) groups excluding carboxylic acids is 3. The Bertz CT molecular complexity index is 658. The molecule has 1 N–H and O–H groups in total. The molecule has 0 radical (unpaired) electrons. The summed E-state index contributed by atoms with van der Waals surface area (Å²) in [7, 11) is 0. The van der Waals surface area contributed by atoms with Gasteiger partial charge in [-0.1, -0.05) is 23.8 Å². The molecule has 1 aromatic rings. The number of nitrogens with zero attached hydrogens (tertiary/aromatic N) is 1. The Labute approximate surface area is 139 Å². The molecule has 0 saturated carbocycles. The number of hydrogen-bond acceptors (Lipinski definition) is 3. The van der Waals surface area contributed by atoms with Crippen molar-refractivity contribution in [1.29, 1.82) is 0 Å². The molecule has 5 nitrogen and oxygen atoms in total. The van der Waals surface area contributed by atoms with Gasteiger partial charge in [-0.05, 0) is 44.0 Å². The van der Waals surface area contributed by atoms with Crippen molar-refractivity contribution in [1.82, 2.24) is 4.90 Å². The van der Waals surface area contributed by atoms with Crippen molar-refractivity contribution in [2.45, 2.75) is 25.8 Å². The van der Waals surface area contributed by atoms with Crippen molar-refractivity contribution in [2.24, 2.45) is 11.8 Å². The summed E-state index contributed by atoms with van der Waals surface area (Å²) in [6, 6.07) is 5.83. The Kier molecular flexibility index (Phi) is 4.22. The average Bonchev–Trinajstić information content (AvgIpc) is 2.81. The fourth-order valence-electron chi connectivity index (χ4n) is 3.10. The topological polar surface area (TPSA) is 66.5 Å². The van der Waals surface area contributed by atoms with Crippen LogP contribution in [0.25, 0.3) is 0 Å². The molecular formula is C17H17ClN2O3. The predicted molar refractivity (Wildman–Crippen MR) is 86.8 cm³/mol. The van der Waals surface area contributed by atoms with Gasteiger partial charge in [0.25, 0.3) is 0 Å². The Hall–Kier alpha value is -2.14. The third-order valence-corrected chi connectivity index (χ3v) is 4.67. The van der Waals surface area contributed by atoms with Gasteiger partial charge in [0, 0.05) is 10.7 Å². The zero-order valence-corrected chi connectivity index (χ0v) is 13.4. The van der Waals surface area contributed by atoms with Crippen molar-refractivity contribution in [2.75, 3.05) is 5.32 Å². The molecule has 1 fully saturated rings. The van der Waals surface area contributed by atoms with Crippen LogP contribution in [0.5, 0.6) is 0 Å².